The van der Waals surface area contributed by atoms with E-state index >= 15 is 0 Å². The van der Waals surface area contributed by atoms with Gasteiger partial charge in [-0.3, -0.25) is 0 Å². The SMILES string of the molecule is Cc1cnc(CNc2ccc(C(=O)O)c(F)c2)o1. The zero-order valence-corrected chi connectivity index (χ0v) is 9.61. The molecule has 2 rings (SSSR count). The molecular formula is C12H11FN2O3. The van der Waals surface area contributed by atoms with E-state index in [1.54, 1.807) is 13.1 Å². The Morgan fingerprint density at radius 1 is 1.56 bits per heavy atom. The maximum Gasteiger partial charge on any atom is 0.338 e. The summed E-state index contributed by atoms with van der Waals surface area (Å²) in [6.07, 6.45) is 1.59. The molecule has 0 aliphatic carbocycles. The quantitative estimate of drug-likeness (QED) is 0.871. The van der Waals surface area contributed by atoms with Gasteiger partial charge >= 0.3 is 5.97 Å². The molecule has 0 aliphatic rings. The van der Waals surface area contributed by atoms with Gasteiger partial charge in [0.05, 0.1) is 18.3 Å². The van der Waals surface area contributed by atoms with Gasteiger partial charge in [0.2, 0.25) is 5.89 Å². The number of carboxylic acid groups (broad SMARTS) is 1. The third-order valence-electron chi connectivity index (χ3n) is 2.31. The van der Waals surface area contributed by atoms with Gasteiger partial charge in [-0.2, -0.15) is 0 Å². The fraction of sp³-hybridized carbons (Fsp3) is 0.167. The number of carbonyl (C=O) groups is 1. The number of aryl methyl sites for hydroxylation is 1. The van der Waals surface area contributed by atoms with Crippen molar-refractivity contribution in [1.29, 1.82) is 0 Å². The molecule has 1 heterocycles. The summed E-state index contributed by atoms with van der Waals surface area (Å²) in [6.45, 7) is 2.08. The summed E-state index contributed by atoms with van der Waals surface area (Å²) in [5, 5.41) is 11.6. The molecule has 0 spiro atoms. The number of oxazole rings is 1. The lowest BCUT2D eigenvalue weighted by Gasteiger charge is -2.05. The van der Waals surface area contributed by atoms with Crippen molar-refractivity contribution in [2.24, 2.45) is 0 Å². The van der Waals surface area contributed by atoms with Gasteiger partial charge in [-0.15, -0.1) is 0 Å². The molecule has 18 heavy (non-hydrogen) atoms. The first kappa shape index (κ1) is 12.1. The number of hydrogen-bond donors (Lipinski definition) is 2. The summed E-state index contributed by atoms with van der Waals surface area (Å²) in [7, 11) is 0. The van der Waals surface area contributed by atoms with Gasteiger partial charge in [-0.05, 0) is 25.1 Å². The topological polar surface area (TPSA) is 75.4 Å². The Hall–Kier alpha value is -2.37. The number of aromatic carboxylic acids is 1. The molecule has 0 radical (unpaired) electrons. The van der Waals surface area contributed by atoms with Crippen LogP contribution < -0.4 is 5.32 Å². The van der Waals surface area contributed by atoms with E-state index in [1.165, 1.54) is 12.1 Å². The predicted octanol–water partition coefficient (Wildman–Crippen LogP) is 2.43. The highest BCUT2D eigenvalue weighted by molar-refractivity contribution is 5.88. The summed E-state index contributed by atoms with van der Waals surface area (Å²) < 4.78 is 18.6. The van der Waals surface area contributed by atoms with Crippen LogP contribution in [0.5, 0.6) is 0 Å². The molecule has 1 aromatic carbocycles. The van der Waals surface area contributed by atoms with Gasteiger partial charge in [-0.25, -0.2) is 14.2 Å². The van der Waals surface area contributed by atoms with Gasteiger partial charge in [-0.1, -0.05) is 0 Å². The van der Waals surface area contributed by atoms with Gasteiger partial charge in [0.1, 0.15) is 11.6 Å². The molecule has 94 valence electrons. The van der Waals surface area contributed by atoms with E-state index in [1.807, 2.05) is 0 Å². The Balaban J connectivity index is 2.06. The van der Waals surface area contributed by atoms with E-state index < -0.39 is 11.8 Å². The van der Waals surface area contributed by atoms with Crippen LogP contribution in [0.1, 0.15) is 22.0 Å². The van der Waals surface area contributed by atoms with Crippen molar-refractivity contribution < 1.29 is 18.7 Å². The minimum absolute atomic E-state index is 0.305. The second-order valence-corrected chi connectivity index (χ2v) is 3.72. The van der Waals surface area contributed by atoms with E-state index in [0.717, 1.165) is 6.07 Å². The molecule has 2 N–H and O–H groups in total. The van der Waals surface area contributed by atoms with E-state index in [-0.39, 0.29) is 5.56 Å². The molecular weight excluding hydrogens is 239 g/mol. The first-order valence-electron chi connectivity index (χ1n) is 5.24. The van der Waals surface area contributed by atoms with Gasteiger partial charge in [0, 0.05) is 5.69 Å². The summed E-state index contributed by atoms with van der Waals surface area (Å²) in [4.78, 5) is 14.6. The third kappa shape index (κ3) is 2.65. The van der Waals surface area contributed by atoms with Crippen LogP contribution in [0.15, 0.2) is 28.8 Å². The molecule has 0 bridgehead atoms. The van der Waals surface area contributed by atoms with E-state index in [0.29, 0.717) is 23.9 Å². The zero-order valence-electron chi connectivity index (χ0n) is 9.61. The number of aromatic nitrogens is 1. The second-order valence-electron chi connectivity index (χ2n) is 3.72. The highest BCUT2D eigenvalue weighted by Crippen LogP contribution is 2.15. The Kier molecular flexibility index (Phi) is 3.27. The van der Waals surface area contributed by atoms with E-state index in [4.69, 9.17) is 9.52 Å². The number of anilines is 1. The van der Waals surface area contributed by atoms with Crippen molar-refractivity contribution in [2.45, 2.75) is 13.5 Å². The molecule has 0 aliphatic heterocycles. The van der Waals surface area contributed by atoms with Crippen molar-refractivity contribution in [1.82, 2.24) is 4.98 Å². The average molecular weight is 250 g/mol. The van der Waals surface area contributed by atoms with Crippen molar-refractivity contribution in [3.05, 3.63) is 47.4 Å². The third-order valence-corrected chi connectivity index (χ3v) is 2.31. The predicted molar refractivity (Wildman–Crippen MR) is 61.9 cm³/mol. The summed E-state index contributed by atoms with van der Waals surface area (Å²) in [6, 6.07) is 3.82. The van der Waals surface area contributed by atoms with E-state index in [9.17, 15) is 9.18 Å². The van der Waals surface area contributed by atoms with Crippen LogP contribution in [0, 0.1) is 12.7 Å². The fourth-order valence-corrected chi connectivity index (χ4v) is 1.46. The van der Waals surface area contributed by atoms with Crippen molar-refractivity contribution >= 4 is 11.7 Å². The first-order chi connectivity index (χ1) is 8.56. The summed E-state index contributed by atoms with van der Waals surface area (Å²) in [5.74, 6) is -0.895. The van der Waals surface area contributed by atoms with Crippen LogP contribution in [0.2, 0.25) is 0 Å². The lowest BCUT2D eigenvalue weighted by atomic mass is 10.2. The molecule has 0 saturated carbocycles. The standard InChI is InChI=1S/C12H11FN2O3/c1-7-5-15-11(18-7)6-14-8-2-3-9(12(16)17)10(13)4-8/h2-5,14H,6H2,1H3,(H,16,17). The minimum atomic E-state index is -1.29. The first-order valence-corrected chi connectivity index (χ1v) is 5.24. The van der Waals surface area contributed by atoms with Crippen LogP contribution in [0.3, 0.4) is 0 Å². The Morgan fingerprint density at radius 3 is 2.89 bits per heavy atom. The van der Waals surface area contributed by atoms with Crippen LogP contribution in [-0.4, -0.2) is 16.1 Å². The van der Waals surface area contributed by atoms with Crippen molar-refractivity contribution in [2.75, 3.05) is 5.32 Å². The molecule has 0 saturated heterocycles. The Bertz CT molecular complexity index is 580. The number of rotatable bonds is 4. The summed E-state index contributed by atoms with van der Waals surface area (Å²) in [5.41, 5.74) is 0.112. The number of carboxylic acids is 1. The smallest absolute Gasteiger partial charge is 0.338 e. The molecule has 2 aromatic rings. The van der Waals surface area contributed by atoms with E-state index in [2.05, 4.69) is 10.3 Å². The van der Waals surface area contributed by atoms with Crippen LogP contribution in [0.4, 0.5) is 10.1 Å². The monoisotopic (exact) mass is 250 g/mol. The van der Waals surface area contributed by atoms with Crippen LogP contribution in [-0.2, 0) is 6.54 Å². The number of nitrogens with zero attached hydrogens (tertiary/aromatic N) is 1. The molecule has 1 aromatic heterocycles. The maximum atomic E-state index is 13.4. The Morgan fingerprint density at radius 2 is 2.33 bits per heavy atom. The van der Waals surface area contributed by atoms with Gasteiger partial charge < -0.3 is 14.8 Å². The highest BCUT2D eigenvalue weighted by atomic mass is 19.1. The summed E-state index contributed by atoms with van der Waals surface area (Å²) >= 11 is 0. The number of benzene rings is 1. The molecule has 0 fully saturated rings. The van der Waals surface area contributed by atoms with Crippen molar-refractivity contribution in [3.8, 4) is 0 Å². The van der Waals surface area contributed by atoms with Crippen molar-refractivity contribution in [3.63, 3.8) is 0 Å². The molecule has 0 amide bonds. The van der Waals surface area contributed by atoms with Gasteiger partial charge in [0.15, 0.2) is 0 Å². The molecule has 6 heteroatoms. The number of halogens is 1. The van der Waals surface area contributed by atoms with Gasteiger partial charge in [0.25, 0.3) is 0 Å². The maximum absolute atomic E-state index is 13.4. The van der Waals surface area contributed by atoms with Crippen LogP contribution in [0.25, 0.3) is 0 Å². The lowest BCUT2D eigenvalue weighted by molar-refractivity contribution is 0.0692. The number of hydrogen-bond acceptors (Lipinski definition) is 4. The molecule has 0 unspecified atom stereocenters. The fourth-order valence-electron chi connectivity index (χ4n) is 1.46. The normalized spacial score (nSPS) is 10.3. The number of nitrogens with one attached hydrogen (secondary N) is 1. The minimum Gasteiger partial charge on any atom is -0.478 e. The molecule has 0 atom stereocenters. The van der Waals surface area contributed by atoms with Crippen LogP contribution >= 0.6 is 0 Å². The largest absolute Gasteiger partial charge is 0.478 e. The highest BCUT2D eigenvalue weighted by Gasteiger charge is 2.10. The Labute approximate surface area is 102 Å². The second kappa shape index (κ2) is 4.87. The molecule has 5 nitrogen and oxygen atoms in total. The lowest BCUT2D eigenvalue weighted by Crippen LogP contribution is -2.03. The average Bonchev–Trinajstić information content (AvgIpc) is 2.72. The zero-order chi connectivity index (χ0) is 13.1.